The summed E-state index contributed by atoms with van der Waals surface area (Å²) in [5.74, 6) is 0.565. The molecule has 1 radical (unpaired) electrons. The van der Waals surface area contributed by atoms with Gasteiger partial charge in [-0.25, -0.2) is 0 Å². The van der Waals surface area contributed by atoms with E-state index < -0.39 is 11.5 Å². The molecule has 2 unspecified atom stereocenters. The highest BCUT2D eigenvalue weighted by molar-refractivity contribution is 6.03. The molecule has 2 saturated heterocycles. The number of piperidine rings is 1. The molecule has 3 amide bonds. The molecule has 3 aliphatic rings. The van der Waals surface area contributed by atoms with Crippen molar-refractivity contribution in [1.82, 2.24) is 10.2 Å². The van der Waals surface area contributed by atoms with Gasteiger partial charge < -0.3 is 4.90 Å². The molecule has 0 saturated carbocycles. The van der Waals surface area contributed by atoms with Crippen molar-refractivity contribution in [2.75, 3.05) is 0 Å². The van der Waals surface area contributed by atoms with Gasteiger partial charge in [-0.15, -0.1) is 0 Å². The van der Waals surface area contributed by atoms with Gasteiger partial charge in [0.1, 0.15) is 6.04 Å². The summed E-state index contributed by atoms with van der Waals surface area (Å²) in [5.41, 5.74) is 0.327. The van der Waals surface area contributed by atoms with Crippen LogP contribution in [0, 0.1) is 17.3 Å². The minimum Gasteiger partial charge on any atom is -0.303 e. The van der Waals surface area contributed by atoms with Crippen LogP contribution >= 0.6 is 0 Å². The fourth-order valence-electron chi connectivity index (χ4n) is 3.83. The summed E-state index contributed by atoms with van der Waals surface area (Å²) in [6, 6.07) is -0.578. The van der Waals surface area contributed by atoms with Crippen molar-refractivity contribution in [2.24, 2.45) is 11.3 Å². The zero-order chi connectivity index (χ0) is 16.1. The molecule has 2 heterocycles. The van der Waals surface area contributed by atoms with E-state index in [1.807, 2.05) is 26.0 Å². The average Bonchev–Trinajstić information content (AvgIpc) is 2.68. The largest absolute Gasteiger partial charge is 0.303 e. The molecule has 2 atom stereocenters. The minimum absolute atomic E-state index is 0.0143. The minimum atomic E-state index is -0.578. The highest BCUT2D eigenvalue weighted by Crippen LogP contribution is 2.52. The third-order valence-corrected chi connectivity index (χ3v) is 4.94. The number of hydrogen-bond donors (Lipinski definition) is 1. The standard InChI is InChI=1S/C17H21N2O3/c1-4-10-6-5-7-11-14(10)17(2,3)16(22)19(11)12-8-9-13(20)18-15(12)21/h5-7,12,14H,4,8-9H2,1-3H3,(H,18,20,21). The molecule has 5 heteroatoms. The number of imide groups is 1. The van der Waals surface area contributed by atoms with Crippen molar-refractivity contribution in [1.29, 1.82) is 0 Å². The second-order valence-corrected chi connectivity index (χ2v) is 6.68. The van der Waals surface area contributed by atoms with E-state index in [1.54, 1.807) is 4.90 Å². The van der Waals surface area contributed by atoms with E-state index in [0.29, 0.717) is 6.42 Å². The molecule has 117 valence electrons. The molecule has 0 spiro atoms. The van der Waals surface area contributed by atoms with Crippen LogP contribution < -0.4 is 5.32 Å². The third-order valence-electron chi connectivity index (χ3n) is 4.94. The van der Waals surface area contributed by atoms with E-state index in [4.69, 9.17) is 0 Å². The lowest BCUT2D eigenvalue weighted by Gasteiger charge is -2.33. The third kappa shape index (κ3) is 2.02. The van der Waals surface area contributed by atoms with Crippen LogP contribution in [0.2, 0.25) is 0 Å². The lowest BCUT2D eigenvalue weighted by molar-refractivity contribution is -0.145. The summed E-state index contributed by atoms with van der Waals surface area (Å²) >= 11 is 0. The Labute approximate surface area is 130 Å². The summed E-state index contributed by atoms with van der Waals surface area (Å²) in [7, 11) is 0. The summed E-state index contributed by atoms with van der Waals surface area (Å²) in [6.07, 6.45) is 7.48. The van der Waals surface area contributed by atoms with E-state index in [9.17, 15) is 14.4 Å². The van der Waals surface area contributed by atoms with E-state index in [-0.39, 0.29) is 30.1 Å². The number of hydrogen-bond acceptors (Lipinski definition) is 3. The molecule has 2 aliphatic heterocycles. The van der Waals surface area contributed by atoms with Crippen molar-refractivity contribution < 1.29 is 14.4 Å². The number of nitrogens with one attached hydrogen (secondary N) is 1. The normalized spacial score (nSPS) is 31.1. The summed E-state index contributed by atoms with van der Waals surface area (Å²) in [4.78, 5) is 38.1. The Kier molecular flexibility index (Phi) is 3.46. The maximum absolute atomic E-state index is 13.0. The number of fused-ring (bicyclic) bond motifs is 1. The number of nitrogens with zero attached hydrogens (tertiary/aromatic N) is 1. The number of likely N-dealkylation sites (tertiary alicyclic amines) is 1. The van der Waals surface area contributed by atoms with E-state index in [0.717, 1.165) is 12.1 Å². The van der Waals surface area contributed by atoms with Crippen molar-refractivity contribution >= 4 is 17.7 Å². The van der Waals surface area contributed by atoms with Gasteiger partial charge in [0.2, 0.25) is 17.7 Å². The number of carbonyl (C=O) groups is 3. The van der Waals surface area contributed by atoms with E-state index in [1.165, 1.54) is 5.92 Å². The highest BCUT2D eigenvalue weighted by Gasteiger charge is 2.56. The van der Waals surface area contributed by atoms with Gasteiger partial charge in [-0.2, -0.15) is 0 Å². The predicted octanol–water partition coefficient (Wildman–Crippen LogP) is 1.71. The Hall–Kier alpha value is -1.91. The van der Waals surface area contributed by atoms with Gasteiger partial charge in [0.25, 0.3) is 0 Å². The van der Waals surface area contributed by atoms with Crippen LogP contribution in [-0.2, 0) is 14.4 Å². The van der Waals surface area contributed by atoms with Gasteiger partial charge >= 0.3 is 0 Å². The van der Waals surface area contributed by atoms with Crippen molar-refractivity contribution in [3.8, 4) is 0 Å². The Morgan fingerprint density at radius 3 is 2.68 bits per heavy atom. The van der Waals surface area contributed by atoms with Crippen LogP contribution in [-0.4, -0.2) is 28.7 Å². The first-order valence-corrected chi connectivity index (χ1v) is 7.79. The zero-order valence-electron chi connectivity index (χ0n) is 13.2. The molecule has 0 aromatic heterocycles. The van der Waals surface area contributed by atoms with Crippen molar-refractivity contribution in [2.45, 2.75) is 46.1 Å². The fraction of sp³-hybridized carbons (Fsp3) is 0.529. The van der Waals surface area contributed by atoms with Gasteiger partial charge in [-0.05, 0) is 18.9 Å². The first-order valence-electron chi connectivity index (χ1n) is 7.79. The number of rotatable bonds is 2. The Bertz CT molecular complexity index is 603. The molecule has 22 heavy (non-hydrogen) atoms. The summed E-state index contributed by atoms with van der Waals surface area (Å²) < 4.78 is 0. The molecule has 0 bridgehead atoms. The molecule has 2 fully saturated rings. The smallest absolute Gasteiger partial charge is 0.249 e. The zero-order valence-corrected chi connectivity index (χ0v) is 13.2. The first kappa shape index (κ1) is 15.0. The van der Waals surface area contributed by atoms with Gasteiger partial charge in [0.05, 0.1) is 5.41 Å². The fourth-order valence-corrected chi connectivity index (χ4v) is 3.83. The second-order valence-electron chi connectivity index (χ2n) is 6.68. The van der Waals surface area contributed by atoms with Gasteiger partial charge in [-0.3, -0.25) is 19.7 Å². The van der Waals surface area contributed by atoms with Crippen molar-refractivity contribution in [3.63, 3.8) is 0 Å². The van der Waals surface area contributed by atoms with Crippen LogP contribution in [0.3, 0.4) is 0 Å². The number of amides is 3. The quantitative estimate of drug-likeness (QED) is 0.790. The molecule has 0 aromatic rings. The van der Waals surface area contributed by atoms with E-state index >= 15 is 0 Å². The average molecular weight is 301 g/mol. The topological polar surface area (TPSA) is 66.5 Å². The molecular weight excluding hydrogens is 280 g/mol. The van der Waals surface area contributed by atoms with Gasteiger partial charge in [-0.1, -0.05) is 32.9 Å². The lowest BCUT2D eigenvalue weighted by atomic mass is 9.70. The SMILES string of the molecule is CC[C]1C=CC=C2C1C(C)(C)C(=O)N2C1CCC(=O)NC1=O. The monoisotopic (exact) mass is 301 g/mol. The van der Waals surface area contributed by atoms with Crippen LogP contribution in [0.25, 0.3) is 0 Å². The van der Waals surface area contributed by atoms with Crippen LogP contribution in [0.4, 0.5) is 0 Å². The maximum atomic E-state index is 13.0. The van der Waals surface area contributed by atoms with E-state index in [2.05, 4.69) is 18.3 Å². The molecule has 5 nitrogen and oxygen atoms in total. The van der Waals surface area contributed by atoms with Crippen LogP contribution in [0.1, 0.15) is 40.0 Å². The highest BCUT2D eigenvalue weighted by atomic mass is 16.2. The first-order chi connectivity index (χ1) is 10.4. The van der Waals surface area contributed by atoms with Crippen molar-refractivity contribution in [3.05, 3.63) is 29.8 Å². The van der Waals surface area contributed by atoms with Gasteiger partial charge in [0.15, 0.2) is 0 Å². The van der Waals surface area contributed by atoms with Crippen LogP contribution in [0.5, 0.6) is 0 Å². The predicted molar refractivity (Wildman–Crippen MR) is 81.0 cm³/mol. The molecule has 0 aromatic carbocycles. The Balaban J connectivity index is 2.00. The van der Waals surface area contributed by atoms with Crippen LogP contribution in [0.15, 0.2) is 23.9 Å². The summed E-state index contributed by atoms with van der Waals surface area (Å²) in [5, 5.41) is 2.35. The maximum Gasteiger partial charge on any atom is 0.249 e. The number of carbonyl (C=O) groups excluding carboxylic acids is 3. The second kappa shape index (κ2) is 5.07. The van der Waals surface area contributed by atoms with Gasteiger partial charge in [0, 0.05) is 24.0 Å². The lowest BCUT2D eigenvalue weighted by Crippen LogP contribution is -2.53. The number of allylic oxidation sites excluding steroid dienone is 4. The Morgan fingerprint density at radius 1 is 1.32 bits per heavy atom. The molecular formula is C17H21N2O3. The Morgan fingerprint density at radius 2 is 2.05 bits per heavy atom. The molecule has 1 N–H and O–H groups in total. The molecule has 3 rings (SSSR count). The molecule has 1 aliphatic carbocycles. The summed E-state index contributed by atoms with van der Waals surface area (Å²) in [6.45, 7) is 5.96.